The fourth-order valence-electron chi connectivity index (χ4n) is 5.26. The molecule has 1 saturated heterocycles. The topological polar surface area (TPSA) is 151 Å². The molecule has 0 aliphatic carbocycles. The molecular weight excluding hydrogens is 559 g/mol. The lowest BCUT2D eigenvalue weighted by molar-refractivity contribution is 0.0362. The third-order valence-corrected chi connectivity index (χ3v) is 7.70. The van der Waals surface area contributed by atoms with Crippen LogP contribution in [0.15, 0.2) is 53.5 Å². The van der Waals surface area contributed by atoms with E-state index < -0.39 is 11.5 Å². The predicted molar refractivity (Wildman–Crippen MR) is 165 cm³/mol. The summed E-state index contributed by atoms with van der Waals surface area (Å²) < 4.78 is 22.4. The third-order valence-electron chi connectivity index (χ3n) is 7.42. The highest BCUT2D eigenvalue weighted by Gasteiger charge is 2.21. The van der Waals surface area contributed by atoms with Crippen molar-refractivity contribution in [3.05, 3.63) is 75.5 Å². The van der Waals surface area contributed by atoms with E-state index in [1.54, 1.807) is 24.4 Å². The number of halogens is 2. The molecule has 10 nitrogen and oxygen atoms in total. The van der Waals surface area contributed by atoms with Crippen molar-refractivity contribution in [2.24, 2.45) is 11.5 Å². The fraction of sp³-hybridized carbons (Fsp3) is 0.367. The standard InChI is InChI=1S/C30H36ClFN8O2/c1-18(33)3-2-4-19-13-24(27(32)25(31)14-19)26-15-20-16-40(30(41)38-28(20)37-26)22-7-5-21(6-8-22)39-11-12-42-23(17-39)9-10-36-29(34)35/h5-8,13-16,18,23H,2-4,9-12,17,33H2,1H3,(H4,34,35,36)(H,37,38,41)/t18-,23?/m0/s1. The van der Waals surface area contributed by atoms with Crippen molar-refractivity contribution in [2.75, 3.05) is 31.1 Å². The highest BCUT2D eigenvalue weighted by Crippen LogP contribution is 2.31. The van der Waals surface area contributed by atoms with Crippen molar-refractivity contribution in [2.45, 2.75) is 44.8 Å². The molecule has 2 aromatic carbocycles. The van der Waals surface area contributed by atoms with Gasteiger partial charge in [0.1, 0.15) is 5.65 Å². The molecule has 2 atom stereocenters. The highest BCUT2D eigenvalue weighted by molar-refractivity contribution is 6.31. The van der Waals surface area contributed by atoms with Gasteiger partial charge in [0.2, 0.25) is 0 Å². The summed E-state index contributed by atoms with van der Waals surface area (Å²) in [6.07, 6.45) is 4.94. The number of anilines is 1. The Hall–Kier alpha value is -3.93. The minimum absolute atomic E-state index is 0.0253. The molecule has 7 N–H and O–H groups in total. The Labute approximate surface area is 248 Å². The number of morpholine rings is 1. The number of nitrogens with zero attached hydrogens (tertiary/aromatic N) is 3. The minimum atomic E-state index is -0.523. The van der Waals surface area contributed by atoms with Crippen LogP contribution in [0.25, 0.3) is 28.0 Å². The van der Waals surface area contributed by atoms with Gasteiger partial charge in [-0.2, -0.15) is 4.98 Å². The average Bonchev–Trinajstić information content (AvgIpc) is 3.37. The average molecular weight is 595 g/mol. The van der Waals surface area contributed by atoms with E-state index in [4.69, 9.17) is 33.2 Å². The number of nitrogens with two attached hydrogens (primary N) is 2. The minimum Gasteiger partial charge on any atom is -0.374 e. The number of aryl methyl sites for hydroxylation is 1. The Balaban J connectivity index is 1.35. The fourth-order valence-corrected chi connectivity index (χ4v) is 5.50. The number of aromatic nitrogens is 3. The zero-order chi connectivity index (χ0) is 29.8. The summed E-state index contributed by atoms with van der Waals surface area (Å²) in [7, 11) is 0. The van der Waals surface area contributed by atoms with Crippen molar-refractivity contribution >= 4 is 34.3 Å². The SMILES string of the molecule is C[C@H](N)CCCc1cc(Cl)c(F)c(-c2cc3cn(-c4ccc(N5CCOC(CCNC(=N)N)C5)cc4)c(=O)nc3[nH]2)c1. The van der Waals surface area contributed by atoms with Crippen molar-refractivity contribution < 1.29 is 9.13 Å². The maximum absolute atomic E-state index is 15.1. The van der Waals surface area contributed by atoms with Gasteiger partial charge < -0.3 is 31.4 Å². The number of H-pyrrole nitrogens is 1. The van der Waals surface area contributed by atoms with Crippen LogP contribution in [0, 0.1) is 11.2 Å². The Morgan fingerprint density at radius 3 is 2.79 bits per heavy atom. The van der Waals surface area contributed by atoms with Crippen LogP contribution < -0.4 is 27.4 Å². The first-order chi connectivity index (χ1) is 20.2. The lowest BCUT2D eigenvalue weighted by atomic mass is 10.0. The van der Waals surface area contributed by atoms with Gasteiger partial charge in [0, 0.05) is 48.5 Å². The summed E-state index contributed by atoms with van der Waals surface area (Å²) in [5.74, 6) is -0.572. The molecule has 42 heavy (non-hydrogen) atoms. The molecular formula is C30H36ClFN8O2. The van der Waals surface area contributed by atoms with E-state index in [1.165, 1.54) is 4.57 Å². The normalized spacial score (nSPS) is 16.1. The summed E-state index contributed by atoms with van der Waals surface area (Å²) in [5, 5.41) is 10.8. The Morgan fingerprint density at radius 1 is 1.29 bits per heavy atom. The lowest BCUT2D eigenvalue weighted by Crippen LogP contribution is -2.44. The number of ether oxygens (including phenoxy) is 1. The van der Waals surface area contributed by atoms with Crippen LogP contribution in [-0.2, 0) is 11.2 Å². The Bertz CT molecular complexity index is 1620. The molecule has 5 rings (SSSR count). The van der Waals surface area contributed by atoms with Crippen LogP contribution >= 0.6 is 11.6 Å². The number of rotatable bonds is 10. The second-order valence-electron chi connectivity index (χ2n) is 10.8. The summed E-state index contributed by atoms with van der Waals surface area (Å²) in [4.78, 5) is 22.5. The first kappa shape index (κ1) is 29.6. The van der Waals surface area contributed by atoms with E-state index in [0.29, 0.717) is 47.7 Å². The summed E-state index contributed by atoms with van der Waals surface area (Å²) in [5.41, 5.74) is 14.6. The second kappa shape index (κ2) is 12.9. The summed E-state index contributed by atoms with van der Waals surface area (Å²) in [6.45, 7) is 4.61. The molecule has 2 aromatic heterocycles. The van der Waals surface area contributed by atoms with Gasteiger partial charge >= 0.3 is 5.69 Å². The third kappa shape index (κ3) is 6.92. The number of benzene rings is 2. The first-order valence-corrected chi connectivity index (χ1v) is 14.5. The van der Waals surface area contributed by atoms with E-state index in [1.807, 2.05) is 31.2 Å². The smallest absolute Gasteiger partial charge is 0.354 e. The maximum atomic E-state index is 15.1. The second-order valence-corrected chi connectivity index (χ2v) is 11.2. The van der Waals surface area contributed by atoms with Gasteiger partial charge in [-0.05, 0) is 80.6 Å². The van der Waals surface area contributed by atoms with Gasteiger partial charge in [-0.1, -0.05) is 11.6 Å². The zero-order valence-electron chi connectivity index (χ0n) is 23.5. The molecule has 1 fully saturated rings. The largest absolute Gasteiger partial charge is 0.374 e. The molecule has 1 aliphatic rings. The van der Waals surface area contributed by atoms with Crippen molar-refractivity contribution in [3.63, 3.8) is 0 Å². The molecule has 0 saturated carbocycles. The Morgan fingerprint density at radius 2 is 2.05 bits per heavy atom. The molecule has 3 heterocycles. The number of hydrogen-bond donors (Lipinski definition) is 5. The number of nitrogens with one attached hydrogen (secondary N) is 3. The molecule has 0 radical (unpaired) electrons. The van der Waals surface area contributed by atoms with E-state index in [-0.39, 0.29) is 23.1 Å². The van der Waals surface area contributed by atoms with Crippen LogP contribution in [0.4, 0.5) is 10.1 Å². The van der Waals surface area contributed by atoms with Crippen LogP contribution in [0.2, 0.25) is 5.02 Å². The van der Waals surface area contributed by atoms with E-state index in [0.717, 1.165) is 43.5 Å². The first-order valence-electron chi connectivity index (χ1n) is 14.1. The van der Waals surface area contributed by atoms with E-state index in [9.17, 15) is 4.79 Å². The number of fused-ring (bicyclic) bond motifs is 1. The molecule has 4 aromatic rings. The summed E-state index contributed by atoms with van der Waals surface area (Å²) in [6, 6.07) is 13.0. The van der Waals surface area contributed by atoms with Gasteiger partial charge in [0.05, 0.1) is 29.1 Å². The van der Waals surface area contributed by atoms with Crippen molar-refractivity contribution in [3.8, 4) is 16.9 Å². The van der Waals surface area contributed by atoms with Crippen LogP contribution in [-0.4, -0.2) is 58.9 Å². The number of aromatic amines is 1. The van der Waals surface area contributed by atoms with Crippen LogP contribution in [0.1, 0.15) is 31.7 Å². The molecule has 1 unspecified atom stereocenters. The highest BCUT2D eigenvalue weighted by atomic mass is 35.5. The quantitative estimate of drug-likeness (QED) is 0.138. The lowest BCUT2D eigenvalue weighted by Gasteiger charge is -2.34. The van der Waals surface area contributed by atoms with Gasteiger partial charge in [0.25, 0.3) is 0 Å². The van der Waals surface area contributed by atoms with E-state index >= 15 is 4.39 Å². The van der Waals surface area contributed by atoms with Crippen molar-refractivity contribution in [1.82, 2.24) is 19.9 Å². The summed E-state index contributed by atoms with van der Waals surface area (Å²) >= 11 is 6.24. The molecule has 0 bridgehead atoms. The predicted octanol–water partition coefficient (Wildman–Crippen LogP) is 3.92. The van der Waals surface area contributed by atoms with Crippen LogP contribution in [0.3, 0.4) is 0 Å². The zero-order valence-corrected chi connectivity index (χ0v) is 24.3. The maximum Gasteiger partial charge on any atom is 0.354 e. The van der Waals surface area contributed by atoms with Gasteiger partial charge in [-0.3, -0.25) is 9.98 Å². The monoisotopic (exact) mass is 594 g/mol. The number of guanidine groups is 1. The van der Waals surface area contributed by atoms with Gasteiger partial charge in [-0.25, -0.2) is 9.18 Å². The van der Waals surface area contributed by atoms with E-state index in [2.05, 4.69) is 20.2 Å². The van der Waals surface area contributed by atoms with Crippen molar-refractivity contribution in [1.29, 1.82) is 5.41 Å². The number of hydrogen-bond acceptors (Lipinski definition) is 6. The Kier molecular flexibility index (Phi) is 9.10. The van der Waals surface area contributed by atoms with Gasteiger partial charge in [0.15, 0.2) is 11.8 Å². The molecule has 1 aliphatic heterocycles. The molecule has 12 heteroatoms. The molecule has 0 spiro atoms. The van der Waals surface area contributed by atoms with Crippen LogP contribution in [0.5, 0.6) is 0 Å². The molecule has 222 valence electrons. The van der Waals surface area contributed by atoms with Gasteiger partial charge in [-0.15, -0.1) is 0 Å². The molecule has 0 amide bonds.